The van der Waals surface area contributed by atoms with Gasteiger partial charge in [0.25, 0.3) is 0 Å². The van der Waals surface area contributed by atoms with Gasteiger partial charge in [0.2, 0.25) is 5.91 Å². The van der Waals surface area contributed by atoms with E-state index >= 15 is 0 Å². The summed E-state index contributed by atoms with van der Waals surface area (Å²) in [4.78, 5) is 27.8. The van der Waals surface area contributed by atoms with Crippen LogP contribution in [0.15, 0.2) is 59.8 Å². The molecule has 1 atom stereocenters. The van der Waals surface area contributed by atoms with Crippen molar-refractivity contribution in [2.45, 2.75) is 58.9 Å². The second kappa shape index (κ2) is 9.40. The van der Waals surface area contributed by atoms with Crippen molar-refractivity contribution >= 4 is 11.9 Å². The van der Waals surface area contributed by atoms with Crippen LogP contribution in [-0.4, -0.2) is 23.4 Å². The quantitative estimate of drug-likeness (QED) is 0.611. The van der Waals surface area contributed by atoms with Crippen LogP contribution in [0.25, 0.3) is 0 Å². The molecule has 0 aliphatic carbocycles. The van der Waals surface area contributed by atoms with Gasteiger partial charge in [-0.2, -0.15) is 5.26 Å². The molecule has 0 spiro atoms. The molecule has 5 nitrogen and oxygen atoms in total. The Balaban J connectivity index is 2.04. The molecule has 1 amide bonds. The summed E-state index contributed by atoms with van der Waals surface area (Å²) in [5, 5.41) is 9.42. The van der Waals surface area contributed by atoms with Gasteiger partial charge >= 0.3 is 5.97 Å². The minimum atomic E-state index is -0.402. The van der Waals surface area contributed by atoms with Crippen LogP contribution in [-0.2, 0) is 26.3 Å². The van der Waals surface area contributed by atoms with E-state index in [1.807, 2.05) is 24.3 Å². The van der Waals surface area contributed by atoms with Gasteiger partial charge in [0.15, 0.2) is 0 Å². The first kappa shape index (κ1) is 23.3. The molecule has 1 aliphatic rings. The molecule has 1 heterocycles. The maximum atomic E-state index is 13.2. The minimum absolute atomic E-state index is 0.0154. The van der Waals surface area contributed by atoms with Crippen molar-refractivity contribution in [3.8, 4) is 6.07 Å². The zero-order chi connectivity index (χ0) is 23.5. The molecule has 2 aromatic carbocycles. The Kier molecular flexibility index (Phi) is 6.84. The van der Waals surface area contributed by atoms with Gasteiger partial charge in [-0.3, -0.25) is 4.79 Å². The van der Waals surface area contributed by atoms with Crippen LogP contribution < -0.4 is 0 Å². The highest BCUT2D eigenvalue weighted by atomic mass is 16.5. The molecule has 0 fully saturated rings. The molecule has 3 rings (SSSR count). The first-order chi connectivity index (χ1) is 15.2. The molecule has 1 aliphatic heterocycles. The van der Waals surface area contributed by atoms with E-state index in [0.29, 0.717) is 16.8 Å². The number of amides is 1. The van der Waals surface area contributed by atoms with Gasteiger partial charge in [-0.25, -0.2) is 4.79 Å². The van der Waals surface area contributed by atoms with Crippen molar-refractivity contribution in [2.75, 3.05) is 6.61 Å². The lowest BCUT2D eigenvalue weighted by atomic mass is 9.81. The van der Waals surface area contributed by atoms with E-state index in [1.165, 1.54) is 5.56 Å². The number of nitriles is 1. The van der Waals surface area contributed by atoms with Gasteiger partial charge in [0, 0.05) is 18.0 Å². The molecule has 0 radical (unpaired) electrons. The Hall–Kier alpha value is -3.39. The Morgan fingerprint density at radius 3 is 2.41 bits per heavy atom. The third-order valence-electron chi connectivity index (χ3n) is 5.96. The largest absolute Gasteiger partial charge is 0.463 e. The van der Waals surface area contributed by atoms with Crippen LogP contribution in [0.4, 0.5) is 0 Å². The van der Waals surface area contributed by atoms with Crippen LogP contribution in [0, 0.1) is 11.3 Å². The van der Waals surface area contributed by atoms with E-state index in [4.69, 9.17) is 4.74 Å². The van der Waals surface area contributed by atoms with Gasteiger partial charge in [-0.15, -0.1) is 0 Å². The summed E-state index contributed by atoms with van der Waals surface area (Å²) >= 11 is 0. The maximum absolute atomic E-state index is 13.2. The number of esters is 1. The van der Waals surface area contributed by atoms with Gasteiger partial charge < -0.3 is 9.64 Å². The number of hydrogen-bond acceptors (Lipinski definition) is 4. The molecule has 0 aromatic heterocycles. The third-order valence-corrected chi connectivity index (χ3v) is 5.96. The van der Waals surface area contributed by atoms with Crippen LogP contribution >= 0.6 is 0 Å². The highest BCUT2D eigenvalue weighted by Crippen LogP contribution is 2.38. The number of nitrogens with zero attached hydrogens (tertiary/aromatic N) is 2. The van der Waals surface area contributed by atoms with Crippen LogP contribution in [0.3, 0.4) is 0 Å². The summed E-state index contributed by atoms with van der Waals surface area (Å²) < 4.78 is 5.37. The molecule has 32 heavy (non-hydrogen) atoms. The number of carbonyl (C=O) groups is 2. The lowest BCUT2D eigenvalue weighted by molar-refractivity contribution is -0.140. The molecule has 5 heteroatoms. The third kappa shape index (κ3) is 4.75. The van der Waals surface area contributed by atoms with E-state index in [9.17, 15) is 14.9 Å². The predicted octanol–water partition coefficient (Wildman–Crippen LogP) is 5.21. The summed E-state index contributed by atoms with van der Waals surface area (Å²) in [5.41, 5.74) is 4.48. The summed E-state index contributed by atoms with van der Waals surface area (Å²) in [6.07, 6.45) is 0.176. The number of benzene rings is 2. The lowest BCUT2D eigenvalue weighted by Crippen LogP contribution is -2.38. The maximum Gasteiger partial charge on any atom is 0.336 e. The summed E-state index contributed by atoms with van der Waals surface area (Å²) in [6.45, 7) is 10.5. The topological polar surface area (TPSA) is 70.4 Å². The number of allylic oxidation sites excluding steroid dienone is 1. The molecule has 0 N–H and O–H groups in total. The smallest absolute Gasteiger partial charge is 0.336 e. The van der Waals surface area contributed by atoms with Crippen molar-refractivity contribution in [2.24, 2.45) is 0 Å². The number of carbonyl (C=O) groups excluding carboxylic acids is 2. The molecule has 2 aromatic rings. The predicted molar refractivity (Wildman–Crippen MR) is 124 cm³/mol. The fourth-order valence-corrected chi connectivity index (χ4v) is 4.11. The monoisotopic (exact) mass is 430 g/mol. The van der Waals surface area contributed by atoms with E-state index in [-0.39, 0.29) is 36.8 Å². The number of hydrogen-bond donors (Lipinski definition) is 0. The average Bonchev–Trinajstić information content (AvgIpc) is 2.76. The summed E-state index contributed by atoms with van der Waals surface area (Å²) in [5.74, 6) is -0.841. The van der Waals surface area contributed by atoms with E-state index < -0.39 is 5.97 Å². The van der Waals surface area contributed by atoms with Crippen molar-refractivity contribution in [1.82, 2.24) is 4.90 Å². The average molecular weight is 431 g/mol. The number of ether oxygens (including phenoxy) is 1. The molecule has 0 saturated carbocycles. The van der Waals surface area contributed by atoms with Crippen LogP contribution in [0.1, 0.15) is 69.2 Å². The van der Waals surface area contributed by atoms with Crippen molar-refractivity contribution in [3.05, 3.63) is 82.1 Å². The molecular weight excluding hydrogens is 400 g/mol. The SMILES string of the molecule is CCOC(=O)C1=C(C)N(Cc2ccccc2C#N)C(=O)CC1c1ccc(C(C)(C)C)cc1. The zero-order valence-corrected chi connectivity index (χ0v) is 19.4. The number of rotatable bonds is 5. The first-order valence-electron chi connectivity index (χ1n) is 10.9. The summed E-state index contributed by atoms with van der Waals surface area (Å²) in [6, 6.07) is 17.5. The normalized spacial score (nSPS) is 16.7. The zero-order valence-electron chi connectivity index (χ0n) is 19.4. The van der Waals surface area contributed by atoms with E-state index in [1.54, 1.807) is 30.9 Å². The van der Waals surface area contributed by atoms with Gasteiger partial charge in [-0.1, -0.05) is 63.2 Å². The molecule has 0 bridgehead atoms. The van der Waals surface area contributed by atoms with Gasteiger partial charge in [0.05, 0.1) is 30.4 Å². The Morgan fingerprint density at radius 2 is 1.81 bits per heavy atom. The van der Waals surface area contributed by atoms with Crippen LogP contribution in [0.5, 0.6) is 0 Å². The minimum Gasteiger partial charge on any atom is -0.463 e. The Morgan fingerprint density at radius 1 is 1.16 bits per heavy atom. The van der Waals surface area contributed by atoms with Crippen LogP contribution in [0.2, 0.25) is 0 Å². The van der Waals surface area contributed by atoms with Gasteiger partial charge in [-0.05, 0) is 42.0 Å². The second-order valence-corrected chi connectivity index (χ2v) is 9.10. The molecular formula is C27H30N2O3. The molecule has 0 saturated heterocycles. The van der Waals surface area contributed by atoms with Crippen molar-refractivity contribution < 1.29 is 14.3 Å². The Labute approximate surface area is 190 Å². The fraction of sp³-hybridized carbons (Fsp3) is 0.370. The first-order valence-corrected chi connectivity index (χ1v) is 10.9. The highest BCUT2D eigenvalue weighted by molar-refractivity contribution is 5.95. The van der Waals surface area contributed by atoms with E-state index in [0.717, 1.165) is 11.1 Å². The van der Waals surface area contributed by atoms with Gasteiger partial charge in [0.1, 0.15) is 0 Å². The Bertz CT molecular complexity index is 1090. The highest BCUT2D eigenvalue weighted by Gasteiger charge is 2.37. The second-order valence-electron chi connectivity index (χ2n) is 9.10. The lowest BCUT2D eigenvalue weighted by Gasteiger charge is -2.35. The van der Waals surface area contributed by atoms with Crippen molar-refractivity contribution in [3.63, 3.8) is 0 Å². The molecule has 166 valence electrons. The summed E-state index contributed by atoms with van der Waals surface area (Å²) in [7, 11) is 0. The van der Waals surface area contributed by atoms with E-state index in [2.05, 4.69) is 39.0 Å². The standard InChI is InChI=1S/C27H30N2O3/c1-6-32-26(31)25-18(2)29(17-21-10-8-7-9-20(21)16-28)24(30)15-23(25)19-11-13-22(14-12-19)27(3,4)5/h7-14,23H,6,15,17H2,1-5H3. The fourth-order valence-electron chi connectivity index (χ4n) is 4.11. The van der Waals surface area contributed by atoms with Crippen molar-refractivity contribution in [1.29, 1.82) is 5.26 Å². The molecule has 1 unspecified atom stereocenters.